The molecular weight excluding hydrogens is 244 g/mol. The molecule has 1 unspecified atom stereocenters. The predicted molar refractivity (Wildman–Crippen MR) is 64.8 cm³/mol. The second-order valence-electron chi connectivity index (χ2n) is 4.34. The minimum Gasteiger partial charge on any atom is -0.336 e. The number of nitrogens with one attached hydrogen (secondary N) is 1. The average molecular weight is 257 g/mol. The van der Waals surface area contributed by atoms with Crippen LogP contribution in [0.2, 0.25) is 4.34 Å². The Balaban J connectivity index is 1.95. The van der Waals surface area contributed by atoms with Gasteiger partial charge in [-0.05, 0) is 25.3 Å². The zero-order valence-corrected chi connectivity index (χ0v) is 10.4. The number of hydrogen-bond donors (Lipinski definition) is 1. The van der Waals surface area contributed by atoms with Crippen molar-refractivity contribution in [3.63, 3.8) is 0 Å². The molecule has 86 valence electrons. The van der Waals surface area contributed by atoms with E-state index in [1.165, 1.54) is 24.2 Å². The predicted octanol–water partition coefficient (Wildman–Crippen LogP) is 2.46. The van der Waals surface area contributed by atoms with Crippen LogP contribution < -0.4 is 5.32 Å². The van der Waals surface area contributed by atoms with E-state index in [0.29, 0.717) is 4.34 Å². The highest BCUT2D eigenvalue weighted by Crippen LogP contribution is 2.31. The molecule has 1 atom stereocenters. The number of nitrogens with zero attached hydrogens (tertiary/aromatic N) is 1. The van der Waals surface area contributed by atoms with Crippen molar-refractivity contribution in [3.05, 3.63) is 20.8 Å². The first-order valence-corrected chi connectivity index (χ1v) is 6.76. The summed E-state index contributed by atoms with van der Waals surface area (Å²) in [6.07, 6.45) is 3.71. The van der Waals surface area contributed by atoms with E-state index in [0.717, 1.165) is 30.0 Å². The number of carbonyl (C=O) groups excluding carboxylic acids is 1. The van der Waals surface area contributed by atoms with E-state index in [2.05, 4.69) is 10.2 Å². The number of hydrogen-bond acceptors (Lipinski definition) is 3. The van der Waals surface area contributed by atoms with Crippen molar-refractivity contribution < 1.29 is 4.79 Å². The van der Waals surface area contributed by atoms with Crippen LogP contribution in [0.3, 0.4) is 0 Å². The molecule has 0 saturated carbocycles. The number of rotatable bonds is 0. The fourth-order valence-electron chi connectivity index (χ4n) is 2.46. The van der Waals surface area contributed by atoms with Crippen LogP contribution in [0.1, 0.15) is 34.5 Å². The van der Waals surface area contributed by atoms with Crippen molar-refractivity contribution in [3.8, 4) is 0 Å². The molecule has 1 saturated heterocycles. The van der Waals surface area contributed by atoms with Gasteiger partial charge in [-0.1, -0.05) is 11.6 Å². The summed E-state index contributed by atoms with van der Waals surface area (Å²) in [5.41, 5.74) is 0.768. The molecule has 1 aromatic heterocycles. The Bertz CT molecular complexity index is 432. The van der Waals surface area contributed by atoms with Crippen molar-refractivity contribution in [1.82, 2.24) is 10.2 Å². The first-order valence-electron chi connectivity index (χ1n) is 5.57. The van der Waals surface area contributed by atoms with Crippen LogP contribution >= 0.6 is 22.9 Å². The Labute approximate surface area is 103 Å². The number of carbonyl (C=O) groups is 1. The van der Waals surface area contributed by atoms with Gasteiger partial charge < -0.3 is 5.32 Å². The molecule has 0 bridgehead atoms. The number of fused-ring (bicyclic) bond motifs is 2. The largest absolute Gasteiger partial charge is 0.336 e. The van der Waals surface area contributed by atoms with Gasteiger partial charge in [0.15, 0.2) is 0 Å². The SMILES string of the molecule is O=C1NC2CCCCN2Cc2sc(Cl)cc21. The molecule has 0 aromatic carbocycles. The van der Waals surface area contributed by atoms with Gasteiger partial charge in [-0.3, -0.25) is 9.69 Å². The highest BCUT2D eigenvalue weighted by Gasteiger charge is 2.30. The third-order valence-electron chi connectivity index (χ3n) is 3.28. The van der Waals surface area contributed by atoms with E-state index in [4.69, 9.17) is 11.6 Å². The van der Waals surface area contributed by atoms with Gasteiger partial charge in [-0.25, -0.2) is 0 Å². The molecule has 5 heteroatoms. The minimum absolute atomic E-state index is 0.0348. The number of piperidine rings is 1. The molecule has 1 fully saturated rings. The van der Waals surface area contributed by atoms with Gasteiger partial charge in [-0.15, -0.1) is 11.3 Å². The van der Waals surface area contributed by atoms with Gasteiger partial charge in [0.05, 0.1) is 16.1 Å². The monoisotopic (exact) mass is 256 g/mol. The normalized spacial score (nSPS) is 25.6. The van der Waals surface area contributed by atoms with Crippen LogP contribution in [0.5, 0.6) is 0 Å². The lowest BCUT2D eigenvalue weighted by Crippen LogP contribution is -2.48. The Morgan fingerprint density at radius 2 is 2.38 bits per heavy atom. The third-order valence-corrected chi connectivity index (χ3v) is 4.53. The summed E-state index contributed by atoms with van der Waals surface area (Å²) in [5.74, 6) is 0.0348. The smallest absolute Gasteiger partial charge is 0.253 e. The fourth-order valence-corrected chi connectivity index (χ4v) is 3.76. The number of halogens is 1. The van der Waals surface area contributed by atoms with Crippen LogP contribution in [0.25, 0.3) is 0 Å². The molecule has 1 N–H and O–H groups in total. The lowest BCUT2D eigenvalue weighted by molar-refractivity contribution is 0.0796. The Morgan fingerprint density at radius 3 is 3.25 bits per heavy atom. The quantitative estimate of drug-likeness (QED) is 0.773. The lowest BCUT2D eigenvalue weighted by atomic mass is 10.1. The van der Waals surface area contributed by atoms with E-state index in [-0.39, 0.29) is 12.1 Å². The first-order chi connectivity index (χ1) is 7.74. The summed E-state index contributed by atoms with van der Waals surface area (Å²) in [4.78, 5) is 15.4. The maximum Gasteiger partial charge on any atom is 0.253 e. The van der Waals surface area contributed by atoms with E-state index in [1.807, 2.05) is 0 Å². The number of thiophene rings is 1. The van der Waals surface area contributed by atoms with Crippen LogP contribution in [0, 0.1) is 0 Å². The summed E-state index contributed by atoms with van der Waals surface area (Å²) in [7, 11) is 0. The van der Waals surface area contributed by atoms with Crippen molar-refractivity contribution in [1.29, 1.82) is 0 Å². The summed E-state index contributed by atoms with van der Waals surface area (Å²) < 4.78 is 0.704. The topological polar surface area (TPSA) is 32.3 Å². The first kappa shape index (κ1) is 10.6. The van der Waals surface area contributed by atoms with Crippen LogP contribution in [-0.4, -0.2) is 23.5 Å². The average Bonchev–Trinajstić information content (AvgIpc) is 2.57. The summed E-state index contributed by atoms with van der Waals surface area (Å²) in [6, 6.07) is 1.79. The maximum atomic E-state index is 12.0. The van der Waals surface area contributed by atoms with Crippen LogP contribution in [0.4, 0.5) is 0 Å². The maximum absolute atomic E-state index is 12.0. The van der Waals surface area contributed by atoms with Crippen LogP contribution in [-0.2, 0) is 6.54 Å². The lowest BCUT2D eigenvalue weighted by Gasteiger charge is -2.33. The van der Waals surface area contributed by atoms with Gasteiger partial charge in [-0.2, -0.15) is 0 Å². The molecular formula is C11H13ClN2OS. The van der Waals surface area contributed by atoms with Gasteiger partial charge in [0, 0.05) is 18.0 Å². The summed E-state index contributed by atoms with van der Waals surface area (Å²) >= 11 is 7.49. The molecule has 3 rings (SSSR count). The molecule has 2 aliphatic rings. The van der Waals surface area contributed by atoms with Crippen molar-refractivity contribution >= 4 is 28.8 Å². The van der Waals surface area contributed by atoms with Crippen molar-refractivity contribution in [2.75, 3.05) is 6.54 Å². The molecule has 3 nitrogen and oxygen atoms in total. The molecule has 0 radical (unpaired) electrons. The molecule has 1 aromatic rings. The third kappa shape index (κ3) is 1.75. The Hall–Kier alpha value is -0.580. The van der Waals surface area contributed by atoms with Crippen molar-refractivity contribution in [2.24, 2.45) is 0 Å². The molecule has 0 aliphatic carbocycles. The highest BCUT2D eigenvalue weighted by molar-refractivity contribution is 7.16. The van der Waals surface area contributed by atoms with Gasteiger partial charge in [0.1, 0.15) is 0 Å². The zero-order chi connectivity index (χ0) is 11.1. The zero-order valence-electron chi connectivity index (χ0n) is 8.83. The minimum atomic E-state index is 0.0348. The van der Waals surface area contributed by atoms with E-state index >= 15 is 0 Å². The van der Waals surface area contributed by atoms with Gasteiger partial charge >= 0.3 is 0 Å². The fraction of sp³-hybridized carbons (Fsp3) is 0.545. The van der Waals surface area contributed by atoms with Gasteiger partial charge in [0.2, 0.25) is 0 Å². The summed E-state index contributed by atoms with van der Waals surface area (Å²) in [5, 5.41) is 3.09. The molecule has 2 aliphatic heterocycles. The van der Waals surface area contributed by atoms with Crippen molar-refractivity contribution in [2.45, 2.75) is 32.0 Å². The Kier molecular flexibility index (Phi) is 2.65. The molecule has 1 amide bonds. The number of amides is 1. The van der Waals surface area contributed by atoms with E-state index in [1.54, 1.807) is 6.07 Å². The molecule has 3 heterocycles. The highest BCUT2D eigenvalue weighted by atomic mass is 35.5. The van der Waals surface area contributed by atoms with E-state index < -0.39 is 0 Å². The second kappa shape index (κ2) is 4.02. The standard InChI is InChI=1S/C11H13ClN2OS/c12-9-5-7-8(16-9)6-14-4-2-1-3-10(14)13-11(7)15/h5,10H,1-4,6H2,(H,13,15). The van der Waals surface area contributed by atoms with Crippen LogP contribution in [0.15, 0.2) is 6.07 Å². The summed E-state index contributed by atoms with van der Waals surface area (Å²) in [6.45, 7) is 1.93. The molecule has 16 heavy (non-hydrogen) atoms. The second-order valence-corrected chi connectivity index (χ2v) is 6.11. The van der Waals surface area contributed by atoms with Gasteiger partial charge in [0.25, 0.3) is 5.91 Å². The Morgan fingerprint density at radius 1 is 1.50 bits per heavy atom. The van der Waals surface area contributed by atoms with E-state index in [9.17, 15) is 4.79 Å². The molecule has 0 spiro atoms.